The van der Waals surface area contributed by atoms with E-state index in [2.05, 4.69) is 13.0 Å². The minimum atomic E-state index is 0. The summed E-state index contributed by atoms with van der Waals surface area (Å²) in [5.74, 6) is 0.986. The molecule has 0 bridgehead atoms. The molecule has 0 aromatic heterocycles. The number of quaternary nitrogens is 1. The summed E-state index contributed by atoms with van der Waals surface area (Å²) in [5, 5.41) is 0.982. The Bertz CT molecular complexity index is 250. The van der Waals surface area contributed by atoms with Gasteiger partial charge in [-0.25, -0.2) is 0 Å². The van der Waals surface area contributed by atoms with Gasteiger partial charge in [0.2, 0.25) is 0 Å². The summed E-state index contributed by atoms with van der Waals surface area (Å²) in [5.41, 5.74) is 1.26. The molecule has 0 spiro atoms. The second kappa shape index (κ2) is 5.84. The smallest absolute Gasteiger partial charge is 0.193 e. The number of benzene rings is 1. The summed E-state index contributed by atoms with van der Waals surface area (Å²) in [4.78, 5) is 5.55. The highest BCUT2D eigenvalue weighted by Gasteiger charge is 2.03. The largest absolute Gasteiger partial charge is 1.00 e. The number of hydrogen-bond donors (Lipinski definition) is 1. The van der Waals surface area contributed by atoms with Crippen molar-refractivity contribution in [2.45, 2.75) is 13.3 Å². The molecule has 1 aromatic carbocycles. The maximum atomic E-state index is 5.55. The zero-order valence-electron chi connectivity index (χ0n) is 8.30. The molecule has 0 saturated carbocycles. The van der Waals surface area contributed by atoms with Crippen LogP contribution >= 0.6 is 0 Å². The monoisotopic (exact) mass is 201 g/mol. The first-order chi connectivity index (χ1) is 5.74. The van der Waals surface area contributed by atoms with E-state index in [9.17, 15) is 0 Å². The molecule has 1 aromatic rings. The maximum absolute atomic E-state index is 5.55. The number of halogens is 1. The van der Waals surface area contributed by atoms with Crippen molar-refractivity contribution in [3.8, 4) is 5.75 Å². The van der Waals surface area contributed by atoms with Gasteiger partial charge < -0.3 is 17.2 Å². The molecule has 0 atom stereocenters. The molecule has 0 aliphatic rings. The number of hydroxylamine groups is 2. The van der Waals surface area contributed by atoms with Gasteiger partial charge in [-0.05, 0) is 12.5 Å². The maximum Gasteiger partial charge on any atom is 0.193 e. The molecule has 2 nitrogen and oxygen atoms in total. The predicted molar refractivity (Wildman–Crippen MR) is 49.3 cm³/mol. The average molecular weight is 202 g/mol. The number of aryl methyl sites for hydroxylation is 1. The highest BCUT2D eigenvalue weighted by Crippen LogP contribution is 2.15. The van der Waals surface area contributed by atoms with Gasteiger partial charge in [0.1, 0.15) is 14.1 Å². The highest BCUT2D eigenvalue weighted by molar-refractivity contribution is 5.32. The van der Waals surface area contributed by atoms with Crippen molar-refractivity contribution in [1.82, 2.24) is 0 Å². The van der Waals surface area contributed by atoms with Gasteiger partial charge >= 0.3 is 0 Å². The Morgan fingerprint density at radius 3 is 2.38 bits per heavy atom. The first-order valence-electron chi connectivity index (χ1n) is 4.30. The first-order valence-corrected chi connectivity index (χ1v) is 4.30. The van der Waals surface area contributed by atoms with Crippen molar-refractivity contribution in [3.05, 3.63) is 29.8 Å². The van der Waals surface area contributed by atoms with Gasteiger partial charge in [-0.2, -0.15) is 5.06 Å². The van der Waals surface area contributed by atoms with E-state index in [4.69, 9.17) is 4.84 Å². The van der Waals surface area contributed by atoms with E-state index in [1.165, 1.54) is 5.56 Å². The Morgan fingerprint density at radius 2 is 1.85 bits per heavy atom. The fourth-order valence-corrected chi connectivity index (χ4v) is 1.12. The van der Waals surface area contributed by atoms with Gasteiger partial charge in [0, 0.05) is 5.56 Å². The van der Waals surface area contributed by atoms with Crippen molar-refractivity contribution in [1.29, 1.82) is 0 Å². The topological polar surface area (TPSA) is 13.7 Å². The average Bonchev–Trinajstić information content (AvgIpc) is 2.04. The van der Waals surface area contributed by atoms with Crippen molar-refractivity contribution in [3.63, 3.8) is 0 Å². The van der Waals surface area contributed by atoms with Gasteiger partial charge in [0.05, 0.1) is 0 Å². The molecule has 0 aliphatic heterocycles. The van der Waals surface area contributed by atoms with Crippen LogP contribution in [-0.4, -0.2) is 14.1 Å². The highest BCUT2D eigenvalue weighted by atomic mass is 35.5. The Kier molecular flexibility index (Phi) is 5.51. The van der Waals surface area contributed by atoms with Crippen LogP contribution in [0.5, 0.6) is 5.75 Å². The molecular formula is C10H16ClNO. The van der Waals surface area contributed by atoms with E-state index >= 15 is 0 Å². The molecule has 0 heterocycles. The lowest BCUT2D eigenvalue weighted by Crippen LogP contribution is -3.07. The minimum absolute atomic E-state index is 0. The van der Waals surface area contributed by atoms with E-state index in [0.29, 0.717) is 0 Å². The molecule has 13 heavy (non-hydrogen) atoms. The second-order valence-electron chi connectivity index (χ2n) is 2.97. The molecule has 0 saturated heterocycles. The SMILES string of the molecule is CCc1ccccc1O[NH+](C)C.[Cl-]. The van der Waals surface area contributed by atoms with E-state index in [-0.39, 0.29) is 12.4 Å². The molecule has 0 radical (unpaired) electrons. The summed E-state index contributed by atoms with van der Waals surface area (Å²) in [6.45, 7) is 2.13. The van der Waals surface area contributed by atoms with Crippen molar-refractivity contribution in [2.75, 3.05) is 14.1 Å². The van der Waals surface area contributed by atoms with E-state index in [1.807, 2.05) is 32.3 Å². The van der Waals surface area contributed by atoms with Gasteiger partial charge in [-0.1, -0.05) is 25.1 Å². The van der Waals surface area contributed by atoms with Crippen molar-refractivity contribution < 1.29 is 22.3 Å². The normalized spacial score (nSPS) is 9.54. The molecule has 3 heteroatoms. The molecule has 0 unspecified atom stereocenters. The van der Waals surface area contributed by atoms with Crippen molar-refractivity contribution >= 4 is 0 Å². The Hall–Kier alpha value is -0.730. The van der Waals surface area contributed by atoms with E-state index in [1.54, 1.807) is 0 Å². The first kappa shape index (κ1) is 12.3. The van der Waals surface area contributed by atoms with Gasteiger partial charge in [0.25, 0.3) is 0 Å². The van der Waals surface area contributed by atoms with E-state index in [0.717, 1.165) is 17.2 Å². The third-order valence-corrected chi connectivity index (χ3v) is 1.67. The molecule has 0 aliphatic carbocycles. The van der Waals surface area contributed by atoms with Crippen LogP contribution in [0.1, 0.15) is 12.5 Å². The van der Waals surface area contributed by atoms with Crippen LogP contribution in [0, 0.1) is 0 Å². The number of nitrogens with one attached hydrogen (secondary N) is 1. The fraction of sp³-hybridized carbons (Fsp3) is 0.400. The second-order valence-corrected chi connectivity index (χ2v) is 2.97. The van der Waals surface area contributed by atoms with E-state index < -0.39 is 0 Å². The Labute approximate surface area is 85.9 Å². The quantitative estimate of drug-likeness (QED) is 0.543. The van der Waals surface area contributed by atoms with Gasteiger partial charge in [0.15, 0.2) is 5.75 Å². The van der Waals surface area contributed by atoms with Crippen LogP contribution in [0.2, 0.25) is 0 Å². The van der Waals surface area contributed by atoms with Gasteiger partial charge in [-0.3, -0.25) is 0 Å². The molecule has 0 fully saturated rings. The van der Waals surface area contributed by atoms with Crippen molar-refractivity contribution in [2.24, 2.45) is 0 Å². The zero-order valence-corrected chi connectivity index (χ0v) is 9.06. The van der Waals surface area contributed by atoms with Crippen LogP contribution in [0.15, 0.2) is 24.3 Å². The van der Waals surface area contributed by atoms with Crippen LogP contribution in [0.25, 0.3) is 0 Å². The standard InChI is InChI=1S/C10H15NO.ClH/c1-4-9-7-5-6-8-10(9)12-11(2)3;/h5-8H,4H2,1-3H3;1H. The van der Waals surface area contributed by atoms with Gasteiger partial charge in [-0.15, -0.1) is 0 Å². The van der Waals surface area contributed by atoms with Crippen LogP contribution in [-0.2, 0) is 6.42 Å². The number of hydrogen-bond acceptors (Lipinski definition) is 1. The lowest BCUT2D eigenvalue weighted by molar-refractivity contribution is -1.03. The number of para-hydroxylation sites is 1. The van der Waals surface area contributed by atoms with Crippen LogP contribution in [0.4, 0.5) is 0 Å². The molecular weight excluding hydrogens is 186 g/mol. The molecule has 1 N–H and O–H groups in total. The van der Waals surface area contributed by atoms with Crippen LogP contribution in [0.3, 0.4) is 0 Å². The molecule has 74 valence electrons. The molecule has 0 amide bonds. The predicted octanol–water partition coefficient (Wildman–Crippen LogP) is -2.31. The van der Waals surface area contributed by atoms with Crippen LogP contribution < -0.4 is 22.3 Å². The third-order valence-electron chi connectivity index (χ3n) is 1.67. The lowest BCUT2D eigenvalue weighted by Gasteiger charge is -2.10. The summed E-state index contributed by atoms with van der Waals surface area (Å²) < 4.78 is 0. The minimum Gasteiger partial charge on any atom is -1.00 e. The summed E-state index contributed by atoms with van der Waals surface area (Å²) in [7, 11) is 3.93. The lowest BCUT2D eigenvalue weighted by atomic mass is 10.1. The molecule has 1 rings (SSSR count). The summed E-state index contributed by atoms with van der Waals surface area (Å²) in [6.07, 6.45) is 1.02. The Morgan fingerprint density at radius 1 is 1.23 bits per heavy atom. The zero-order chi connectivity index (χ0) is 8.97. The Balaban J connectivity index is 0.00000144. The number of rotatable bonds is 3. The summed E-state index contributed by atoms with van der Waals surface area (Å²) >= 11 is 0. The fourth-order valence-electron chi connectivity index (χ4n) is 1.12. The summed E-state index contributed by atoms with van der Waals surface area (Å²) in [6, 6.07) is 8.14. The third kappa shape index (κ3) is 3.66.